The summed E-state index contributed by atoms with van der Waals surface area (Å²) in [5.41, 5.74) is 0. The maximum Gasteiger partial charge on any atom is 0.218 e. The van der Waals surface area contributed by atoms with Crippen LogP contribution in [0, 0.1) is 5.92 Å². The number of rotatable bonds is 3. The van der Waals surface area contributed by atoms with E-state index >= 15 is 0 Å². The molecule has 1 saturated heterocycles. The van der Waals surface area contributed by atoms with Crippen LogP contribution in [0.25, 0.3) is 0 Å². The van der Waals surface area contributed by atoms with Gasteiger partial charge < -0.3 is 0 Å². The molecule has 1 rings (SSSR count). The van der Waals surface area contributed by atoms with Crippen LogP contribution >= 0.6 is 11.6 Å². The van der Waals surface area contributed by atoms with Crippen LogP contribution in [0.3, 0.4) is 0 Å². The lowest BCUT2D eigenvalue weighted by Crippen LogP contribution is -2.49. The molecular formula is C10H20ClNO2S. The lowest BCUT2D eigenvalue weighted by atomic mass is 9.94. The molecule has 0 aromatic heterocycles. The molecule has 15 heavy (non-hydrogen) atoms. The third-order valence-electron chi connectivity index (χ3n) is 3.37. The smallest absolute Gasteiger partial charge is 0.212 e. The first-order valence-electron chi connectivity index (χ1n) is 5.48. The van der Waals surface area contributed by atoms with Crippen molar-refractivity contribution in [1.29, 1.82) is 0 Å². The Morgan fingerprint density at radius 1 is 1.47 bits per heavy atom. The quantitative estimate of drug-likeness (QED) is 0.722. The summed E-state index contributed by atoms with van der Waals surface area (Å²) in [5.74, 6) is 0.607. The molecule has 3 nitrogen and oxygen atoms in total. The van der Waals surface area contributed by atoms with E-state index in [4.69, 9.17) is 11.6 Å². The minimum Gasteiger partial charge on any atom is -0.212 e. The Hall–Kier alpha value is 0.200. The summed E-state index contributed by atoms with van der Waals surface area (Å²) in [6, 6.07) is 0.106. The number of nitrogens with zero attached hydrogens (tertiary/aromatic N) is 1. The zero-order chi connectivity index (χ0) is 11.6. The van der Waals surface area contributed by atoms with E-state index in [2.05, 4.69) is 6.92 Å². The predicted octanol–water partition coefficient (Wildman–Crippen LogP) is 2.06. The third kappa shape index (κ3) is 2.66. The lowest BCUT2D eigenvalue weighted by Gasteiger charge is -2.38. The summed E-state index contributed by atoms with van der Waals surface area (Å²) in [7, 11) is -3.19. The van der Waals surface area contributed by atoms with Crippen LogP contribution in [-0.4, -0.2) is 36.4 Å². The molecule has 0 saturated carbocycles. The van der Waals surface area contributed by atoms with Gasteiger partial charge in [0, 0.05) is 18.5 Å². The van der Waals surface area contributed by atoms with Crippen LogP contribution in [0.1, 0.15) is 33.6 Å². The fourth-order valence-electron chi connectivity index (χ4n) is 1.97. The number of hydrogen-bond donors (Lipinski definition) is 0. The Labute approximate surface area is 97.8 Å². The number of alkyl halides is 1. The van der Waals surface area contributed by atoms with E-state index in [1.165, 1.54) is 0 Å². The van der Waals surface area contributed by atoms with Gasteiger partial charge in [0.1, 0.15) is 0 Å². The maximum absolute atomic E-state index is 12.1. The van der Waals surface area contributed by atoms with Gasteiger partial charge in [0.05, 0.1) is 5.25 Å². The molecule has 0 aromatic carbocycles. The highest BCUT2D eigenvalue weighted by Crippen LogP contribution is 2.27. The van der Waals surface area contributed by atoms with Crippen molar-refractivity contribution >= 4 is 21.6 Å². The van der Waals surface area contributed by atoms with Gasteiger partial charge in [0.15, 0.2) is 0 Å². The number of sulfonamides is 1. The maximum atomic E-state index is 12.1. The zero-order valence-corrected chi connectivity index (χ0v) is 11.2. The number of hydrogen-bond acceptors (Lipinski definition) is 2. The summed E-state index contributed by atoms with van der Waals surface area (Å²) in [4.78, 5) is 0. The summed E-state index contributed by atoms with van der Waals surface area (Å²) in [5, 5.41) is -0.480. The average molecular weight is 254 g/mol. The molecule has 0 radical (unpaired) electrons. The van der Waals surface area contributed by atoms with E-state index < -0.39 is 15.3 Å². The highest BCUT2D eigenvalue weighted by molar-refractivity contribution is 7.89. The topological polar surface area (TPSA) is 37.4 Å². The average Bonchev–Trinajstić information content (AvgIpc) is 2.20. The first-order chi connectivity index (χ1) is 6.91. The highest BCUT2D eigenvalue weighted by Gasteiger charge is 2.36. The molecule has 1 fully saturated rings. The van der Waals surface area contributed by atoms with E-state index in [0.717, 1.165) is 12.8 Å². The van der Waals surface area contributed by atoms with E-state index in [-0.39, 0.29) is 11.9 Å². The normalized spacial score (nSPS) is 31.5. The van der Waals surface area contributed by atoms with Gasteiger partial charge >= 0.3 is 0 Å². The van der Waals surface area contributed by atoms with Gasteiger partial charge in [0.25, 0.3) is 0 Å². The Morgan fingerprint density at radius 2 is 2.07 bits per heavy atom. The van der Waals surface area contributed by atoms with Crippen LogP contribution in [-0.2, 0) is 10.0 Å². The van der Waals surface area contributed by atoms with Crippen LogP contribution < -0.4 is 0 Å². The predicted molar refractivity (Wildman–Crippen MR) is 63.7 cm³/mol. The van der Waals surface area contributed by atoms with Crippen molar-refractivity contribution in [2.45, 2.75) is 44.9 Å². The van der Waals surface area contributed by atoms with E-state index in [1.54, 1.807) is 11.2 Å². The van der Waals surface area contributed by atoms with Crippen LogP contribution in [0.2, 0.25) is 0 Å². The Morgan fingerprint density at radius 3 is 2.60 bits per heavy atom. The summed E-state index contributed by atoms with van der Waals surface area (Å²) < 4.78 is 25.9. The number of piperidine rings is 1. The van der Waals surface area contributed by atoms with E-state index in [1.807, 2.05) is 6.92 Å². The van der Waals surface area contributed by atoms with Crippen LogP contribution in [0.15, 0.2) is 0 Å². The molecule has 0 N–H and O–H groups in total. The Kier molecular flexibility index (Phi) is 4.44. The van der Waals surface area contributed by atoms with Gasteiger partial charge in [-0.2, -0.15) is 4.31 Å². The van der Waals surface area contributed by atoms with Crippen molar-refractivity contribution < 1.29 is 8.42 Å². The van der Waals surface area contributed by atoms with Crippen molar-refractivity contribution in [2.75, 3.05) is 12.4 Å². The van der Waals surface area contributed by atoms with Crippen molar-refractivity contribution in [1.82, 2.24) is 4.31 Å². The molecule has 90 valence electrons. The second-order valence-corrected chi connectivity index (χ2v) is 7.09. The van der Waals surface area contributed by atoms with Crippen molar-refractivity contribution in [3.8, 4) is 0 Å². The molecule has 1 aliphatic rings. The standard InChI is InChI=1S/C10H20ClNO2S/c1-8-5-4-6-12(10(8)3)15(13,14)9(2)7-11/h8-10H,4-7H2,1-3H3. The minimum absolute atomic E-state index is 0.106. The molecule has 0 aliphatic carbocycles. The van der Waals surface area contributed by atoms with Crippen LogP contribution in [0.4, 0.5) is 0 Å². The van der Waals surface area contributed by atoms with Crippen molar-refractivity contribution in [3.05, 3.63) is 0 Å². The molecule has 0 amide bonds. The molecule has 5 heteroatoms. The molecule has 3 unspecified atom stereocenters. The SMILES string of the molecule is CC1CCCN(S(=O)(=O)C(C)CCl)C1C. The first kappa shape index (κ1) is 13.3. The summed E-state index contributed by atoms with van der Waals surface area (Å²) in [6.07, 6.45) is 2.07. The van der Waals surface area contributed by atoms with Gasteiger partial charge in [-0.1, -0.05) is 6.92 Å². The molecule has 0 spiro atoms. The monoisotopic (exact) mass is 253 g/mol. The Balaban J connectivity index is 2.86. The minimum atomic E-state index is -3.19. The van der Waals surface area contributed by atoms with Gasteiger partial charge in [-0.3, -0.25) is 0 Å². The highest BCUT2D eigenvalue weighted by atomic mass is 35.5. The van der Waals surface area contributed by atoms with Gasteiger partial charge in [0.2, 0.25) is 10.0 Å². The Bertz CT molecular complexity index is 305. The largest absolute Gasteiger partial charge is 0.218 e. The van der Waals surface area contributed by atoms with Crippen molar-refractivity contribution in [2.24, 2.45) is 5.92 Å². The van der Waals surface area contributed by atoms with E-state index in [0.29, 0.717) is 12.5 Å². The molecule has 1 aliphatic heterocycles. The lowest BCUT2D eigenvalue weighted by molar-refractivity contribution is 0.201. The zero-order valence-electron chi connectivity index (χ0n) is 9.61. The van der Waals surface area contributed by atoms with Gasteiger partial charge in [-0.05, 0) is 32.6 Å². The molecule has 1 heterocycles. The second kappa shape index (κ2) is 5.02. The fourth-order valence-corrected chi connectivity index (χ4v) is 4.12. The number of halogens is 1. The fraction of sp³-hybridized carbons (Fsp3) is 1.00. The molecule has 3 atom stereocenters. The molecule has 0 aromatic rings. The van der Waals surface area contributed by atoms with E-state index in [9.17, 15) is 8.42 Å². The van der Waals surface area contributed by atoms with Crippen LogP contribution in [0.5, 0.6) is 0 Å². The third-order valence-corrected chi connectivity index (χ3v) is 6.37. The molecule has 0 bridgehead atoms. The van der Waals surface area contributed by atoms with Gasteiger partial charge in [-0.15, -0.1) is 11.6 Å². The second-order valence-electron chi connectivity index (χ2n) is 4.48. The van der Waals surface area contributed by atoms with Gasteiger partial charge in [-0.25, -0.2) is 8.42 Å². The summed E-state index contributed by atoms with van der Waals surface area (Å²) >= 11 is 5.63. The molecular weight excluding hydrogens is 234 g/mol. The first-order valence-corrected chi connectivity index (χ1v) is 7.51. The summed E-state index contributed by atoms with van der Waals surface area (Å²) in [6.45, 7) is 6.42. The van der Waals surface area contributed by atoms with Crippen molar-refractivity contribution in [3.63, 3.8) is 0 Å².